The summed E-state index contributed by atoms with van der Waals surface area (Å²) in [5.41, 5.74) is 0. The summed E-state index contributed by atoms with van der Waals surface area (Å²) in [5, 5.41) is -7.11. The number of halogens is 9. The van der Waals surface area contributed by atoms with Crippen LogP contribution in [0.4, 0.5) is 39.5 Å². The summed E-state index contributed by atoms with van der Waals surface area (Å²) in [6.07, 6.45) is 1.65. The van der Waals surface area contributed by atoms with Gasteiger partial charge in [0.1, 0.15) is 10.5 Å². The van der Waals surface area contributed by atoms with E-state index >= 15 is 0 Å². The van der Waals surface area contributed by atoms with Crippen LogP contribution in [0.1, 0.15) is 33.1 Å². The van der Waals surface area contributed by atoms with Crippen LogP contribution in [0.5, 0.6) is 0 Å². The summed E-state index contributed by atoms with van der Waals surface area (Å²) in [5.74, 6) is -13.4. The van der Waals surface area contributed by atoms with Crippen LogP contribution in [0, 0.1) is 0 Å². The molecule has 3 nitrogen and oxygen atoms in total. The van der Waals surface area contributed by atoms with Crippen LogP contribution < -0.4 is 0 Å². The fraction of sp³-hybridized carbons (Fsp3) is 0.846. The van der Waals surface area contributed by atoms with Gasteiger partial charge in [-0.05, 0) is 44.5 Å². The molecular weight excluding hydrogens is 439 g/mol. The van der Waals surface area contributed by atoms with E-state index in [1.165, 1.54) is 25.0 Å². The molecule has 0 aromatic heterocycles. The van der Waals surface area contributed by atoms with Crippen molar-refractivity contribution in [3.63, 3.8) is 0 Å². The van der Waals surface area contributed by atoms with Gasteiger partial charge in [-0.15, -0.1) is 0 Å². The van der Waals surface area contributed by atoms with Crippen molar-refractivity contribution in [2.75, 3.05) is 5.75 Å². The van der Waals surface area contributed by atoms with E-state index in [9.17, 15) is 52.5 Å². The summed E-state index contributed by atoms with van der Waals surface area (Å²) in [4.78, 5) is 0. The van der Waals surface area contributed by atoms with Gasteiger partial charge in [0.05, 0.1) is 0 Å². The van der Waals surface area contributed by atoms with Crippen molar-refractivity contribution >= 4 is 21.9 Å². The predicted octanol–water partition coefficient (Wildman–Crippen LogP) is 4.28. The molecule has 162 valence electrons. The van der Waals surface area contributed by atoms with Crippen LogP contribution in [0.25, 0.3) is 0 Å². The molecule has 0 aromatic carbocycles. The maximum Gasteiger partial charge on any atom is 0.460 e. The predicted molar refractivity (Wildman–Crippen MR) is 81.3 cm³/mol. The number of thiol groups is 1. The van der Waals surface area contributed by atoms with E-state index in [0.717, 1.165) is 0 Å². The molecule has 27 heavy (non-hydrogen) atoms. The SMILES string of the molecule is CC=CC1(C)CCCC[SH+]1.O=S(=O)([O-])C(F)(F)C(F)(F)C(F)(F)C(F)(F)F. The van der Waals surface area contributed by atoms with Crippen molar-refractivity contribution in [2.24, 2.45) is 0 Å². The largest absolute Gasteiger partial charge is 0.743 e. The summed E-state index contributed by atoms with van der Waals surface area (Å²) >= 11 is 1.63. The minimum absolute atomic E-state index is 0.521. The van der Waals surface area contributed by atoms with Gasteiger partial charge in [-0.1, -0.05) is 6.08 Å². The Labute approximate surface area is 154 Å². The van der Waals surface area contributed by atoms with Crippen molar-refractivity contribution in [1.82, 2.24) is 0 Å². The van der Waals surface area contributed by atoms with Crippen molar-refractivity contribution in [3.8, 4) is 0 Å². The van der Waals surface area contributed by atoms with Gasteiger partial charge in [0.15, 0.2) is 10.1 Å². The van der Waals surface area contributed by atoms with Gasteiger partial charge in [0.25, 0.3) is 0 Å². The van der Waals surface area contributed by atoms with E-state index < -0.39 is 33.4 Å². The number of alkyl halides is 9. The van der Waals surface area contributed by atoms with Gasteiger partial charge in [-0.25, -0.2) is 8.42 Å². The Morgan fingerprint density at radius 1 is 0.963 bits per heavy atom. The third-order valence-corrected chi connectivity index (χ3v) is 6.04. The molecule has 1 saturated heterocycles. The molecule has 0 bridgehead atoms. The molecule has 1 rings (SSSR count). The normalized spacial score (nSPS) is 23.1. The molecule has 1 aliphatic heterocycles. The van der Waals surface area contributed by atoms with Crippen LogP contribution in [-0.2, 0) is 21.9 Å². The number of rotatable bonds is 4. The molecule has 0 spiro atoms. The second-order valence-corrected chi connectivity index (χ2v) is 9.02. The third kappa shape index (κ3) is 5.68. The molecule has 14 heteroatoms. The van der Waals surface area contributed by atoms with E-state index in [4.69, 9.17) is 0 Å². The van der Waals surface area contributed by atoms with Gasteiger partial charge >= 0.3 is 23.3 Å². The Balaban J connectivity index is 0.000000569. The highest BCUT2D eigenvalue weighted by molar-refractivity contribution is 7.86. The average molecular weight is 456 g/mol. The molecule has 1 atom stereocenters. The van der Waals surface area contributed by atoms with Crippen LogP contribution in [-0.4, -0.2) is 46.7 Å². The summed E-state index contributed by atoms with van der Waals surface area (Å²) < 4.78 is 136. The smallest absolute Gasteiger partial charge is 0.460 e. The zero-order valence-corrected chi connectivity index (χ0v) is 15.7. The maximum absolute atomic E-state index is 12.2. The first-order valence-electron chi connectivity index (χ1n) is 7.25. The number of allylic oxidation sites excluding steroid dienone is 1. The van der Waals surface area contributed by atoms with Gasteiger partial charge < -0.3 is 4.55 Å². The standard InChI is InChI=1S/C9H16S.C4HF9O3S/c1-3-6-9(2)7-4-5-8-10-9;5-1(6,3(9,10)11)2(7,8)4(12,13)17(14,15)16/h3,6H,4-5,7-8H2,1-2H3;(H,14,15,16). The average Bonchev–Trinajstić information content (AvgIpc) is 2.45. The van der Waals surface area contributed by atoms with E-state index in [2.05, 4.69) is 26.0 Å². The molecule has 0 radical (unpaired) electrons. The van der Waals surface area contributed by atoms with Crippen LogP contribution >= 0.6 is 0 Å². The summed E-state index contributed by atoms with van der Waals surface area (Å²) in [6, 6.07) is 0. The first kappa shape index (κ1) is 26.4. The lowest BCUT2D eigenvalue weighted by molar-refractivity contribution is -0.382. The first-order valence-corrected chi connectivity index (χ1v) is 9.74. The minimum Gasteiger partial charge on any atom is -0.743 e. The molecular formula is C13H17F9O3S2. The molecule has 0 aromatic rings. The van der Waals surface area contributed by atoms with Gasteiger partial charge in [0.2, 0.25) is 0 Å². The lowest BCUT2D eigenvalue weighted by atomic mass is 10.0. The fourth-order valence-corrected chi connectivity index (χ4v) is 3.93. The second kappa shape index (κ2) is 8.39. The molecule has 0 N–H and O–H groups in total. The lowest BCUT2D eigenvalue weighted by Crippen LogP contribution is -2.63. The number of hydrogen-bond donors (Lipinski definition) is 0. The summed E-state index contributed by atoms with van der Waals surface area (Å²) in [7, 11) is -7.42. The molecule has 1 aliphatic rings. The topological polar surface area (TPSA) is 57.2 Å². The highest BCUT2D eigenvalue weighted by atomic mass is 32.2. The van der Waals surface area contributed by atoms with Crippen molar-refractivity contribution < 1.29 is 52.5 Å². The Kier molecular flexibility index (Phi) is 8.20. The molecule has 0 saturated carbocycles. The number of hydrogen-bond acceptors (Lipinski definition) is 3. The van der Waals surface area contributed by atoms with E-state index in [0.29, 0.717) is 4.75 Å². The second-order valence-electron chi connectivity index (χ2n) is 5.81. The molecule has 1 unspecified atom stereocenters. The Morgan fingerprint density at radius 3 is 1.74 bits per heavy atom. The zero-order chi connectivity index (χ0) is 21.9. The summed E-state index contributed by atoms with van der Waals surface area (Å²) in [6.45, 7) is 4.49. The Morgan fingerprint density at radius 2 is 1.44 bits per heavy atom. The van der Waals surface area contributed by atoms with Crippen molar-refractivity contribution in [1.29, 1.82) is 0 Å². The monoisotopic (exact) mass is 456 g/mol. The quantitative estimate of drug-likeness (QED) is 0.209. The molecule has 1 heterocycles. The van der Waals surface area contributed by atoms with Crippen LogP contribution in [0.2, 0.25) is 0 Å². The Hall–Kier alpha value is -0.630. The zero-order valence-electron chi connectivity index (χ0n) is 14.0. The minimum atomic E-state index is -7.43. The van der Waals surface area contributed by atoms with E-state index in [1.807, 2.05) is 0 Å². The maximum atomic E-state index is 12.2. The van der Waals surface area contributed by atoms with E-state index in [1.54, 1.807) is 11.8 Å². The fourth-order valence-electron chi connectivity index (χ4n) is 2.02. The van der Waals surface area contributed by atoms with Crippen molar-refractivity contribution in [3.05, 3.63) is 12.2 Å². The van der Waals surface area contributed by atoms with Gasteiger partial charge in [-0.3, -0.25) is 0 Å². The van der Waals surface area contributed by atoms with Gasteiger partial charge in [-0.2, -0.15) is 39.5 Å². The van der Waals surface area contributed by atoms with Crippen molar-refractivity contribution in [2.45, 2.75) is 61.1 Å². The highest BCUT2D eigenvalue weighted by Gasteiger charge is 2.83. The molecule has 1 fully saturated rings. The lowest BCUT2D eigenvalue weighted by Gasteiger charge is -2.34. The Bertz CT molecular complexity index is 621. The molecule has 0 amide bonds. The highest BCUT2D eigenvalue weighted by Crippen LogP contribution is 2.54. The first-order chi connectivity index (χ1) is 11.8. The van der Waals surface area contributed by atoms with Gasteiger partial charge in [0, 0.05) is 6.42 Å². The van der Waals surface area contributed by atoms with E-state index in [-0.39, 0.29) is 0 Å². The van der Waals surface area contributed by atoms with Crippen LogP contribution in [0.15, 0.2) is 12.2 Å². The van der Waals surface area contributed by atoms with Crippen LogP contribution in [0.3, 0.4) is 0 Å². The molecule has 0 aliphatic carbocycles. The third-order valence-electron chi connectivity index (χ3n) is 3.52.